The molecule has 0 aliphatic heterocycles. The Kier molecular flexibility index (Phi) is 6.03. The van der Waals surface area contributed by atoms with E-state index in [4.69, 9.17) is 4.74 Å². The Balaban J connectivity index is 1.45. The molecule has 0 saturated carbocycles. The zero-order valence-electron chi connectivity index (χ0n) is 19.8. The van der Waals surface area contributed by atoms with E-state index >= 15 is 0 Å². The molecule has 2 N–H and O–H groups in total. The number of fused-ring (bicyclic) bond motifs is 1. The molecular formula is C25H23FN8O2. The van der Waals surface area contributed by atoms with Gasteiger partial charge in [0.05, 0.1) is 30.6 Å². The summed E-state index contributed by atoms with van der Waals surface area (Å²) in [5, 5.41) is 15.2. The lowest BCUT2D eigenvalue weighted by Crippen LogP contribution is -2.30. The van der Waals surface area contributed by atoms with Crippen LogP contribution in [0.3, 0.4) is 0 Å². The van der Waals surface area contributed by atoms with Gasteiger partial charge >= 0.3 is 0 Å². The van der Waals surface area contributed by atoms with Crippen molar-refractivity contribution in [3.8, 4) is 5.75 Å². The third-order valence-electron chi connectivity index (χ3n) is 5.84. The van der Waals surface area contributed by atoms with Gasteiger partial charge in [-0.2, -0.15) is 10.2 Å². The van der Waals surface area contributed by atoms with E-state index in [-0.39, 0.29) is 11.7 Å². The van der Waals surface area contributed by atoms with Gasteiger partial charge in [0.15, 0.2) is 11.6 Å². The second-order valence-electron chi connectivity index (χ2n) is 8.11. The number of halogens is 1. The maximum atomic E-state index is 14.5. The molecule has 3 aromatic heterocycles. The molecule has 0 fully saturated rings. The Morgan fingerprint density at radius 1 is 1.03 bits per heavy atom. The van der Waals surface area contributed by atoms with Gasteiger partial charge in [0, 0.05) is 43.5 Å². The average molecular weight is 487 g/mol. The topological polar surface area (TPSA) is 112 Å². The number of carbonyl (C=O) groups is 1. The van der Waals surface area contributed by atoms with Gasteiger partial charge in [-0.25, -0.2) is 14.4 Å². The number of ether oxygens (including phenoxy) is 1. The Morgan fingerprint density at radius 2 is 1.83 bits per heavy atom. The lowest BCUT2D eigenvalue weighted by Gasteiger charge is -2.20. The number of methoxy groups -OCH3 is 1. The second-order valence-corrected chi connectivity index (χ2v) is 8.11. The molecule has 182 valence electrons. The van der Waals surface area contributed by atoms with Crippen LogP contribution in [0.4, 0.5) is 16.2 Å². The standard InChI is InChI=1S/C25H23FN8O2/c1-33-20(8-10-28-33)23(15-6-7-21(36-3)18(26)12-15)32-24(35)16-4-5-17-14-27-25(30-19(17)13-16)31-22-9-11-29-34(22)2/h4-14,23H,1-3H3,(H,32,35)(H,27,30,31). The lowest BCUT2D eigenvalue weighted by atomic mass is 10.0. The molecular weight excluding hydrogens is 463 g/mol. The maximum Gasteiger partial charge on any atom is 0.252 e. The molecule has 0 aliphatic carbocycles. The van der Waals surface area contributed by atoms with E-state index in [0.29, 0.717) is 28.3 Å². The first-order chi connectivity index (χ1) is 17.4. The zero-order chi connectivity index (χ0) is 25.2. The van der Waals surface area contributed by atoms with Crippen LogP contribution in [0.25, 0.3) is 10.9 Å². The normalized spacial score (nSPS) is 11.9. The first-order valence-corrected chi connectivity index (χ1v) is 11.1. The fourth-order valence-corrected chi connectivity index (χ4v) is 3.91. The maximum absolute atomic E-state index is 14.5. The minimum atomic E-state index is -0.645. The Hall–Kier alpha value is -4.80. The van der Waals surface area contributed by atoms with Crippen molar-refractivity contribution < 1.29 is 13.9 Å². The number of hydrogen-bond donors (Lipinski definition) is 2. The fourth-order valence-electron chi connectivity index (χ4n) is 3.91. The smallest absolute Gasteiger partial charge is 0.252 e. The van der Waals surface area contributed by atoms with Crippen LogP contribution in [0.5, 0.6) is 5.75 Å². The SMILES string of the molecule is COc1ccc(C(NC(=O)c2ccc3cnc(Nc4ccnn4C)nc3c2)c2ccnn2C)cc1F. The number of amides is 1. The Labute approximate surface area is 205 Å². The number of rotatable bonds is 7. The van der Waals surface area contributed by atoms with Crippen LogP contribution in [-0.4, -0.2) is 42.5 Å². The minimum absolute atomic E-state index is 0.124. The van der Waals surface area contributed by atoms with Crippen molar-refractivity contribution in [3.63, 3.8) is 0 Å². The van der Waals surface area contributed by atoms with Crippen molar-refractivity contribution in [2.45, 2.75) is 6.04 Å². The van der Waals surface area contributed by atoms with E-state index in [9.17, 15) is 9.18 Å². The molecule has 5 aromatic rings. The zero-order valence-corrected chi connectivity index (χ0v) is 19.8. The average Bonchev–Trinajstić information content (AvgIpc) is 3.49. The molecule has 1 unspecified atom stereocenters. The number of aryl methyl sites for hydroxylation is 2. The van der Waals surface area contributed by atoms with E-state index in [1.807, 2.05) is 0 Å². The van der Waals surface area contributed by atoms with Gasteiger partial charge < -0.3 is 15.4 Å². The molecule has 3 heterocycles. The summed E-state index contributed by atoms with van der Waals surface area (Å²) >= 11 is 0. The van der Waals surface area contributed by atoms with Crippen LogP contribution in [0, 0.1) is 5.82 Å². The minimum Gasteiger partial charge on any atom is -0.494 e. The van der Waals surface area contributed by atoms with E-state index in [0.717, 1.165) is 11.2 Å². The fraction of sp³-hybridized carbons (Fsp3) is 0.160. The van der Waals surface area contributed by atoms with Gasteiger partial charge in [-0.1, -0.05) is 12.1 Å². The van der Waals surface area contributed by atoms with Crippen molar-refractivity contribution in [2.24, 2.45) is 14.1 Å². The van der Waals surface area contributed by atoms with E-state index in [1.54, 1.807) is 78.4 Å². The van der Waals surface area contributed by atoms with Gasteiger partial charge in [-0.15, -0.1) is 0 Å². The molecule has 2 aromatic carbocycles. The van der Waals surface area contributed by atoms with Gasteiger partial charge in [-0.05, 0) is 35.9 Å². The molecule has 0 aliphatic rings. The molecule has 1 amide bonds. The first kappa shape index (κ1) is 23.0. The van der Waals surface area contributed by atoms with Crippen molar-refractivity contribution in [2.75, 3.05) is 12.4 Å². The first-order valence-electron chi connectivity index (χ1n) is 11.1. The molecule has 10 nitrogen and oxygen atoms in total. The summed E-state index contributed by atoms with van der Waals surface area (Å²) in [7, 11) is 4.97. The Morgan fingerprint density at radius 3 is 2.53 bits per heavy atom. The van der Waals surface area contributed by atoms with Crippen LogP contribution in [-0.2, 0) is 14.1 Å². The predicted molar refractivity (Wildman–Crippen MR) is 131 cm³/mol. The molecule has 11 heteroatoms. The van der Waals surface area contributed by atoms with Crippen molar-refractivity contribution >= 4 is 28.6 Å². The molecule has 0 saturated heterocycles. The summed E-state index contributed by atoms with van der Waals surface area (Å²) in [5.74, 6) is 0.365. The highest BCUT2D eigenvalue weighted by Crippen LogP contribution is 2.27. The predicted octanol–water partition coefficient (Wildman–Crippen LogP) is 3.51. The molecule has 0 spiro atoms. The number of hydrogen-bond acceptors (Lipinski definition) is 7. The van der Waals surface area contributed by atoms with Gasteiger partial charge in [0.2, 0.25) is 5.95 Å². The number of anilines is 2. The number of carbonyl (C=O) groups excluding carboxylic acids is 1. The van der Waals surface area contributed by atoms with E-state index in [1.165, 1.54) is 19.2 Å². The lowest BCUT2D eigenvalue weighted by molar-refractivity contribution is 0.0941. The number of nitrogens with zero attached hydrogens (tertiary/aromatic N) is 6. The van der Waals surface area contributed by atoms with Gasteiger partial charge in [0.25, 0.3) is 5.91 Å². The number of nitrogens with one attached hydrogen (secondary N) is 2. The third-order valence-corrected chi connectivity index (χ3v) is 5.84. The van der Waals surface area contributed by atoms with Crippen LogP contribution in [0.15, 0.2) is 67.1 Å². The van der Waals surface area contributed by atoms with E-state index < -0.39 is 11.9 Å². The monoisotopic (exact) mass is 486 g/mol. The summed E-state index contributed by atoms with van der Waals surface area (Å²) in [6, 6.07) is 12.7. The molecule has 0 radical (unpaired) electrons. The van der Waals surface area contributed by atoms with Crippen LogP contribution < -0.4 is 15.4 Å². The van der Waals surface area contributed by atoms with Gasteiger partial charge in [-0.3, -0.25) is 14.2 Å². The van der Waals surface area contributed by atoms with Crippen LogP contribution in [0.1, 0.15) is 27.7 Å². The third kappa shape index (κ3) is 4.45. The quantitative estimate of drug-likeness (QED) is 0.362. The van der Waals surface area contributed by atoms with Crippen molar-refractivity contribution in [1.82, 2.24) is 34.8 Å². The summed E-state index contributed by atoms with van der Waals surface area (Å²) in [4.78, 5) is 22.2. The summed E-state index contributed by atoms with van der Waals surface area (Å²) in [6.45, 7) is 0. The number of benzene rings is 2. The van der Waals surface area contributed by atoms with Crippen molar-refractivity contribution in [3.05, 3.63) is 89.8 Å². The van der Waals surface area contributed by atoms with Crippen molar-refractivity contribution in [1.29, 1.82) is 0 Å². The molecule has 5 rings (SSSR count). The summed E-state index contributed by atoms with van der Waals surface area (Å²) in [5.41, 5.74) is 2.23. The Bertz CT molecular complexity index is 1560. The second kappa shape index (κ2) is 9.45. The highest BCUT2D eigenvalue weighted by Gasteiger charge is 2.22. The number of aromatic nitrogens is 6. The van der Waals surface area contributed by atoms with E-state index in [2.05, 4.69) is 30.8 Å². The highest BCUT2D eigenvalue weighted by molar-refractivity contribution is 5.98. The van der Waals surface area contributed by atoms with Gasteiger partial charge in [0.1, 0.15) is 5.82 Å². The summed E-state index contributed by atoms with van der Waals surface area (Å²) < 4.78 is 22.8. The molecule has 36 heavy (non-hydrogen) atoms. The largest absolute Gasteiger partial charge is 0.494 e. The highest BCUT2D eigenvalue weighted by atomic mass is 19.1. The molecule has 0 bridgehead atoms. The molecule has 1 atom stereocenters. The summed E-state index contributed by atoms with van der Waals surface area (Å²) in [6.07, 6.45) is 4.97. The van der Waals surface area contributed by atoms with Crippen LogP contribution in [0.2, 0.25) is 0 Å². The van der Waals surface area contributed by atoms with Crippen LogP contribution >= 0.6 is 0 Å².